The number of ether oxygens (including phenoxy) is 1. The predicted molar refractivity (Wildman–Crippen MR) is 72.2 cm³/mol. The number of methoxy groups -OCH3 is 1. The van der Waals surface area contributed by atoms with Gasteiger partial charge in [-0.1, -0.05) is 5.16 Å². The molecule has 0 saturated carbocycles. The second-order valence-electron chi connectivity index (χ2n) is 4.15. The fourth-order valence-electron chi connectivity index (χ4n) is 1.64. The first-order valence-corrected chi connectivity index (χ1v) is 6.04. The summed E-state index contributed by atoms with van der Waals surface area (Å²) in [4.78, 5) is 17.1. The summed E-state index contributed by atoms with van der Waals surface area (Å²) in [5.41, 5.74) is 0.823. The first kappa shape index (κ1) is 13.9. The summed E-state index contributed by atoms with van der Waals surface area (Å²) in [6.07, 6.45) is 0. The highest BCUT2D eigenvalue weighted by Gasteiger charge is 2.13. The number of amides is 2. The number of hydrogen-bond acceptors (Lipinski definition) is 5. The highest BCUT2D eigenvalue weighted by Crippen LogP contribution is 2.19. The van der Waals surface area contributed by atoms with Gasteiger partial charge in [-0.2, -0.15) is 4.98 Å². The first-order chi connectivity index (χ1) is 9.63. The summed E-state index contributed by atoms with van der Waals surface area (Å²) in [7, 11) is 4.82. The van der Waals surface area contributed by atoms with E-state index in [2.05, 4.69) is 15.5 Å². The van der Waals surface area contributed by atoms with Gasteiger partial charge in [-0.15, -0.1) is 0 Å². The molecule has 1 N–H and O–H groups in total. The number of benzene rings is 1. The maximum atomic E-state index is 11.4. The molecule has 0 fully saturated rings. The SMILES string of the molecule is CNC(=O)N(C)Cc1nc(-c2ccc(OC)cc2)no1. The fourth-order valence-corrected chi connectivity index (χ4v) is 1.64. The maximum absolute atomic E-state index is 11.4. The molecule has 0 atom stereocenters. The van der Waals surface area contributed by atoms with E-state index in [-0.39, 0.29) is 12.6 Å². The highest BCUT2D eigenvalue weighted by molar-refractivity contribution is 5.73. The Morgan fingerprint density at radius 3 is 2.70 bits per heavy atom. The quantitative estimate of drug-likeness (QED) is 0.915. The number of carbonyl (C=O) groups is 1. The normalized spacial score (nSPS) is 10.2. The van der Waals surface area contributed by atoms with Crippen LogP contribution in [0.1, 0.15) is 5.89 Å². The Morgan fingerprint density at radius 1 is 1.40 bits per heavy atom. The molecule has 2 amide bonds. The molecule has 0 aliphatic carbocycles. The highest BCUT2D eigenvalue weighted by atomic mass is 16.5. The van der Waals surface area contributed by atoms with Gasteiger partial charge in [0.2, 0.25) is 11.7 Å². The van der Waals surface area contributed by atoms with E-state index in [0.29, 0.717) is 11.7 Å². The van der Waals surface area contributed by atoms with E-state index < -0.39 is 0 Å². The third kappa shape index (κ3) is 3.05. The summed E-state index contributed by atoms with van der Waals surface area (Å²) in [6, 6.07) is 7.12. The average Bonchev–Trinajstić information content (AvgIpc) is 2.94. The molecule has 106 valence electrons. The van der Waals surface area contributed by atoms with Gasteiger partial charge in [0.05, 0.1) is 7.11 Å². The Labute approximate surface area is 116 Å². The van der Waals surface area contributed by atoms with E-state index in [1.165, 1.54) is 4.90 Å². The maximum Gasteiger partial charge on any atom is 0.317 e. The smallest absolute Gasteiger partial charge is 0.317 e. The van der Waals surface area contributed by atoms with Gasteiger partial charge >= 0.3 is 6.03 Å². The van der Waals surface area contributed by atoms with Crippen molar-refractivity contribution in [3.8, 4) is 17.1 Å². The average molecular weight is 276 g/mol. The van der Waals surface area contributed by atoms with Gasteiger partial charge in [-0.3, -0.25) is 0 Å². The van der Waals surface area contributed by atoms with Crippen LogP contribution < -0.4 is 10.1 Å². The van der Waals surface area contributed by atoms with Crippen molar-refractivity contribution in [3.05, 3.63) is 30.2 Å². The number of rotatable bonds is 4. The summed E-state index contributed by atoms with van der Waals surface area (Å²) in [5.74, 6) is 1.62. The van der Waals surface area contributed by atoms with Crippen LogP contribution in [0.2, 0.25) is 0 Å². The minimum Gasteiger partial charge on any atom is -0.497 e. The number of urea groups is 1. The van der Waals surface area contributed by atoms with Crippen molar-refractivity contribution in [3.63, 3.8) is 0 Å². The van der Waals surface area contributed by atoms with E-state index in [0.717, 1.165) is 11.3 Å². The van der Waals surface area contributed by atoms with Gasteiger partial charge < -0.3 is 19.5 Å². The molecule has 0 spiro atoms. The van der Waals surface area contributed by atoms with Crippen LogP contribution in [0, 0.1) is 0 Å². The Balaban J connectivity index is 2.09. The topological polar surface area (TPSA) is 80.5 Å². The Bertz CT molecular complexity index is 580. The number of aromatic nitrogens is 2. The van der Waals surface area contributed by atoms with Gasteiger partial charge in [-0.25, -0.2) is 4.79 Å². The van der Waals surface area contributed by atoms with Crippen LogP contribution in [0.5, 0.6) is 5.75 Å². The second-order valence-corrected chi connectivity index (χ2v) is 4.15. The second kappa shape index (κ2) is 6.05. The summed E-state index contributed by atoms with van der Waals surface area (Å²) in [6.45, 7) is 0.253. The van der Waals surface area contributed by atoms with E-state index in [4.69, 9.17) is 9.26 Å². The number of carbonyl (C=O) groups excluding carboxylic acids is 1. The van der Waals surface area contributed by atoms with Gasteiger partial charge in [0.25, 0.3) is 0 Å². The van der Waals surface area contributed by atoms with Crippen molar-refractivity contribution in [1.29, 1.82) is 0 Å². The molecule has 0 unspecified atom stereocenters. The van der Waals surface area contributed by atoms with Gasteiger partial charge in [0.1, 0.15) is 12.3 Å². The van der Waals surface area contributed by atoms with Gasteiger partial charge in [0.15, 0.2) is 0 Å². The van der Waals surface area contributed by atoms with Crippen LogP contribution in [0.4, 0.5) is 4.79 Å². The van der Waals surface area contributed by atoms with Crippen LogP contribution in [-0.4, -0.2) is 42.3 Å². The lowest BCUT2D eigenvalue weighted by Gasteiger charge is -2.12. The molecule has 0 aliphatic rings. The van der Waals surface area contributed by atoms with Crippen molar-refractivity contribution in [1.82, 2.24) is 20.4 Å². The number of nitrogens with zero attached hydrogens (tertiary/aromatic N) is 3. The fraction of sp³-hybridized carbons (Fsp3) is 0.308. The van der Waals surface area contributed by atoms with Crippen molar-refractivity contribution in [2.75, 3.05) is 21.2 Å². The first-order valence-electron chi connectivity index (χ1n) is 6.04. The lowest BCUT2D eigenvalue weighted by molar-refractivity contribution is 0.202. The lowest BCUT2D eigenvalue weighted by Crippen LogP contribution is -2.34. The zero-order valence-corrected chi connectivity index (χ0v) is 11.6. The molecule has 0 radical (unpaired) electrons. The molecular formula is C13H16N4O3. The summed E-state index contributed by atoms with van der Waals surface area (Å²) < 4.78 is 10.2. The molecule has 0 saturated heterocycles. The van der Waals surface area contributed by atoms with Crippen molar-refractivity contribution >= 4 is 6.03 Å². The van der Waals surface area contributed by atoms with Crippen molar-refractivity contribution in [2.45, 2.75) is 6.54 Å². The summed E-state index contributed by atoms with van der Waals surface area (Å²) >= 11 is 0. The third-order valence-electron chi connectivity index (χ3n) is 2.75. The number of nitrogens with one attached hydrogen (secondary N) is 1. The molecule has 1 aromatic heterocycles. The molecule has 7 heteroatoms. The molecular weight excluding hydrogens is 260 g/mol. The monoisotopic (exact) mass is 276 g/mol. The lowest BCUT2D eigenvalue weighted by atomic mass is 10.2. The van der Waals surface area contributed by atoms with E-state index >= 15 is 0 Å². The molecule has 1 aromatic carbocycles. The minimum atomic E-state index is -0.214. The third-order valence-corrected chi connectivity index (χ3v) is 2.75. The van der Waals surface area contributed by atoms with Gasteiger partial charge in [0, 0.05) is 19.7 Å². The molecule has 20 heavy (non-hydrogen) atoms. The zero-order valence-electron chi connectivity index (χ0n) is 11.6. The predicted octanol–water partition coefficient (Wildman–Crippen LogP) is 1.52. The largest absolute Gasteiger partial charge is 0.497 e. The van der Waals surface area contributed by atoms with Crippen LogP contribution >= 0.6 is 0 Å². The minimum absolute atomic E-state index is 0.214. The Kier molecular flexibility index (Phi) is 4.19. The molecule has 7 nitrogen and oxygen atoms in total. The summed E-state index contributed by atoms with van der Waals surface area (Å²) in [5, 5.41) is 6.41. The molecule has 2 aromatic rings. The Morgan fingerprint density at radius 2 is 2.10 bits per heavy atom. The van der Waals surface area contributed by atoms with Gasteiger partial charge in [-0.05, 0) is 24.3 Å². The van der Waals surface area contributed by atoms with Crippen LogP contribution in [0.15, 0.2) is 28.8 Å². The number of hydrogen-bond donors (Lipinski definition) is 1. The standard InChI is InChI=1S/C13H16N4O3/c1-14-13(18)17(2)8-11-15-12(16-20-11)9-4-6-10(19-3)7-5-9/h4-7H,8H2,1-3H3,(H,14,18). The molecule has 0 aliphatic heterocycles. The van der Waals surface area contributed by atoms with Crippen LogP contribution in [0.25, 0.3) is 11.4 Å². The molecule has 0 bridgehead atoms. The molecule has 2 rings (SSSR count). The molecule has 1 heterocycles. The van der Waals surface area contributed by atoms with Crippen molar-refractivity contribution in [2.24, 2.45) is 0 Å². The van der Waals surface area contributed by atoms with Crippen LogP contribution in [-0.2, 0) is 6.54 Å². The Hall–Kier alpha value is -2.57. The van der Waals surface area contributed by atoms with E-state index in [9.17, 15) is 4.79 Å². The zero-order chi connectivity index (χ0) is 14.5. The van der Waals surface area contributed by atoms with Crippen molar-refractivity contribution < 1.29 is 14.1 Å². The van der Waals surface area contributed by atoms with E-state index in [1.807, 2.05) is 24.3 Å². The van der Waals surface area contributed by atoms with E-state index in [1.54, 1.807) is 21.2 Å². The van der Waals surface area contributed by atoms with Crippen LogP contribution in [0.3, 0.4) is 0 Å².